The van der Waals surface area contributed by atoms with Crippen LogP contribution in [0, 0.1) is 5.41 Å². The first-order valence-electron chi connectivity index (χ1n) is 8.60. The minimum Gasteiger partial charge on any atom is -0.345 e. The second-order valence-electron chi connectivity index (χ2n) is 7.53. The van der Waals surface area contributed by atoms with Crippen molar-refractivity contribution in [3.63, 3.8) is 0 Å². The average Bonchev–Trinajstić information content (AvgIpc) is 2.98. The maximum atomic E-state index is 12.8. The highest BCUT2D eigenvalue weighted by Crippen LogP contribution is 2.49. The highest BCUT2D eigenvalue weighted by atomic mass is 32.2. The standard InChI is InChI=1S/C17H27N3O3S/c1-13(17(2)7-8-17)19(4)16(21)15-11-14(12-18(15)3)24(22,23)20-9-5-6-10-20/h11-13H,5-10H2,1-4H3/t13-/m0/s1. The maximum Gasteiger partial charge on any atom is 0.270 e. The van der Waals surface area contributed by atoms with E-state index in [-0.39, 0.29) is 22.3 Å². The Kier molecular flexibility index (Phi) is 4.28. The molecule has 1 aliphatic heterocycles. The fourth-order valence-electron chi connectivity index (χ4n) is 3.40. The molecule has 2 aliphatic rings. The van der Waals surface area contributed by atoms with E-state index < -0.39 is 10.0 Å². The number of hydrogen-bond acceptors (Lipinski definition) is 3. The zero-order valence-electron chi connectivity index (χ0n) is 14.9. The van der Waals surface area contributed by atoms with Crippen molar-refractivity contribution >= 4 is 15.9 Å². The molecule has 1 saturated heterocycles. The van der Waals surface area contributed by atoms with Gasteiger partial charge in [-0.15, -0.1) is 0 Å². The summed E-state index contributed by atoms with van der Waals surface area (Å²) in [5.41, 5.74) is 0.617. The van der Waals surface area contributed by atoms with Crippen molar-refractivity contribution in [1.82, 2.24) is 13.8 Å². The number of aromatic nitrogens is 1. The summed E-state index contributed by atoms with van der Waals surface area (Å²) in [6.07, 6.45) is 5.62. The quantitative estimate of drug-likeness (QED) is 0.814. The monoisotopic (exact) mass is 353 g/mol. The van der Waals surface area contributed by atoms with Crippen LogP contribution in [0.1, 0.15) is 50.0 Å². The third kappa shape index (κ3) is 2.88. The molecule has 0 unspecified atom stereocenters. The molecule has 7 heteroatoms. The molecule has 0 spiro atoms. The molecule has 1 aromatic heterocycles. The topological polar surface area (TPSA) is 62.6 Å². The molecular weight excluding hydrogens is 326 g/mol. The van der Waals surface area contributed by atoms with Gasteiger partial charge in [-0.25, -0.2) is 8.42 Å². The average molecular weight is 353 g/mol. The first-order chi connectivity index (χ1) is 11.2. The van der Waals surface area contributed by atoms with E-state index >= 15 is 0 Å². The predicted molar refractivity (Wildman–Crippen MR) is 92.3 cm³/mol. The highest BCUT2D eigenvalue weighted by Gasteiger charge is 2.45. The third-order valence-corrected chi connectivity index (χ3v) is 7.71. The molecule has 0 bridgehead atoms. The minimum absolute atomic E-state index is 0.124. The Morgan fingerprint density at radius 3 is 2.42 bits per heavy atom. The Labute approximate surface area is 144 Å². The molecule has 1 aliphatic carbocycles. The molecule has 1 saturated carbocycles. The second-order valence-corrected chi connectivity index (χ2v) is 9.47. The lowest BCUT2D eigenvalue weighted by Gasteiger charge is -2.30. The van der Waals surface area contributed by atoms with E-state index in [1.807, 2.05) is 0 Å². The van der Waals surface area contributed by atoms with Crippen molar-refractivity contribution in [1.29, 1.82) is 0 Å². The molecule has 1 atom stereocenters. The first-order valence-corrected chi connectivity index (χ1v) is 10.0. The van der Waals surface area contributed by atoms with Crippen molar-refractivity contribution in [3.8, 4) is 0 Å². The van der Waals surface area contributed by atoms with Gasteiger partial charge in [-0.3, -0.25) is 4.79 Å². The summed E-state index contributed by atoms with van der Waals surface area (Å²) in [6, 6.07) is 1.66. The van der Waals surface area contributed by atoms with Crippen molar-refractivity contribution in [2.24, 2.45) is 12.5 Å². The fourth-order valence-corrected chi connectivity index (χ4v) is 4.99. The number of nitrogens with zero attached hydrogens (tertiary/aromatic N) is 3. The summed E-state index contributed by atoms with van der Waals surface area (Å²) in [4.78, 5) is 14.8. The summed E-state index contributed by atoms with van der Waals surface area (Å²) < 4.78 is 28.5. The van der Waals surface area contributed by atoms with Crippen LogP contribution in [0.3, 0.4) is 0 Å². The molecule has 24 heavy (non-hydrogen) atoms. The molecule has 0 N–H and O–H groups in total. The van der Waals surface area contributed by atoms with E-state index in [0.717, 1.165) is 25.7 Å². The Balaban J connectivity index is 1.84. The number of hydrogen-bond donors (Lipinski definition) is 0. The van der Waals surface area contributed by atoms with Gasteiger partial charge in [0.25, 0.3) is 5.91 Å². The van der Waals surface area contributed by atoms with E-state index in [9.17, 15) is 13.2 Å². The van der Waals surface area contributed by atoms with Crippen LogP contribution >= 0.6 is 0 Å². The predicted octanol–water partition coefficient (Wildman–Crippen LogP) is 2.07. The zero-order chi connectivity index (χ0) is 17.7. The number of aryl methyl sites for hydroxylation is 1. The third-order valence-electron chi connectivity index (χ3n) is 5.85. The maximum absolute atomic E-state index is 12.8. The van der Waals surface area contributed by atoms with E-state index in [2.05, 4.69) is 13.8 Å². The van der Waals surface area contributed by atoms with Crippen LogP contribution < -0.4 is 0 Å². The summed E-state index contributed by atoms with van der Waals surface area (Å²) in [6.45, 7) is 5.39. The van der Waals surface area contributed by atoms with E-state index in [0.29, 0.717) is 18.8 Å². The van der Waals surface area contributed by atoms with Crippen molar-refractivity contribution in [3.05, 3.63) is 18.0 Å². The van der Waals surface area contributed by atoms with Gasteiger partial charge < -0.3 is 9.47 Å². The Bertz CT molecular complexity index is 743. The lowest BCUT2D eigenvalue weighted by molar-refractivity contribution is 0.0675. The summed E-state index contributed by atoms with van der Waals surface area (Å²) in [5.74, 6) is -0.124. The van der Waals surface area contributed by atoms with Gasteiger partial charge in [-0.05, 0) is 44.1 Å². The molecule has 1 amide bonds. The minimum atomic E-state index is -3.49. The largest absolute Gasteiger partial charge is 0.345 e. The normalized spacial score (nSPS) is 21.7. The molecule has 134 valence electrons. The summed E-state index contributed by atoms with van der Waals surface area (Å²) in [7, 11) is 0.0394. The van der Waals surface area contributed by atoms with Crippen LogP contribution in [0.2, 0.25) is 0 Å². The Hall–Kier alpha value is -1.34. The molecule has 2 heterocycles. The van der Waals surface area contributed by atoms with Crippen molar-refractivity contribution < 1.29 is 13.2 Å². The Morgan fingerprint density at radius 1 is 1.29 bits per heavy atom. The smallest absolute Gasteiger partial charge is 0.270 e. The highest BCUT2D eigenvalue weighted by molar-refractivity contribution is 7.89. The van der Waals surface area contributed by atoms with Crippen LogP contribution in [0.15, 0.2) is 17.2 Å². The van der Waals surface area contributed by atoms with Gasteiger partial charge in [0.15, 0.2) is 0 Å². The van der Waals surface area contributed by atoms with Crippen molar-refractivity contribution in [2.75, 3.05) is 20.1 Å². The van der Waals surface area contributed by atoms with Crippen LogP contribution in [0.4, 0.5) is 0 Å². The first kappa shape index (κ1) is 17.5. The number of carbonyl (C=O) groups is 1. The van der Waals surface area contributed by atoms with Gasteiger partial charge in [-0.1, -0.05) is 6.92 Å². The molecular formula is C17H27N3O3S. The molecule has 0 radical (unpaired) electrons. The van der Waals surface area contributed by atoms with Gasteiger partial charge in [0, 0.05) is 39.4 Å². The fraction of sp³-hybridized carbons (Fsp3) is 0.706. The van der Waals surface area contributed by atoms with E-state index in [1.54, 1.807) is 29.8 Å². The van der Waals surface area contributed by atoms with Gasteiger partial charge in [0.05, 0.1) is 0 Å². The van der Waals surface area contributed by atoms with Gasteiger partial charge in [-0.2, -0.15) is 4.31 Å². The van der Waals surface area contributed by atoms with Crippen molar-refractivity contribution in [2.45, 2.75) is 50.5 Å². The molecule has 2 fully saturated rings. The molecule has 0 aromatic carbocycles. The van der Waals surface area contributed by atoms with Crippen LogP contribution in [0.25, 0.3) is 0 Å². The van der Waals surface area contributed by atoms with E-state index in [1.165, 1.54) is 10.4 Å². The number of carbonyl (C=O) groups excluding carboxylic acids is 1. The van der Waals surface area contributed by atoms with Gasteiger partial charge in [0.2, 0.25) is 10.0 Å². The van der Waals surface area contributed by atoms with Gasteiger partial charge >= 0.3 is 0 Å². The second kappa shape index (κ2) is 5.88. The van der Waals surface area contributed by atoms with Crippen LogP contribution in [0.5, 0.6) is 0 Å². The van der Waals surface area contributed by atoms with Crippen LogP contribution in [-0.4, -0.2) is 54.3 Å². The molecule has 1 aromatic rings. The summed E-state index contributed by atoms with van der Waals surface area (Å²) in [5, 5.41) is 0. The number of amides is 1. The molecule has 3 rings (SSSR count). The zero-order valence-corrected chi connectivity index (χ0v) is 15.8. The van der Waals surface area contributed by atoms with Crippen LogP contribution in [-0.2, 0) is 17.1 Å². The SMILES string of the molecule is C[C@H](N(C)C(=O)c1cc(S(=O)(=O)N2CCCC2)cn1C)C1(C)CC1. The lowest BCUT2D eigenvalue weighted by atomic mass is 9.99. The summed E-state index contributed by atoms with van der Waals surface area (Å²) >= 11 is 0. The van der Waals surface area contributed by atoms with E-state index in [4.69, 9.17) is 0 Å². The van der Waals surface area contributed by atoms with Gasteiger partial charge in [0.1, 0.15) is 10.6 Å². The lowest BCUT2D eigenvalue weighted by Crippen LogP contribution is -2.40. The molecule has 6 nitrogen and oxygen atoms in total. The number of rotatable bonds is 5. The Morgan fingerprint density at radius 2 is 1.88 bits per heavy atom. The number of sulfonamides is 1.